The Morgan fingerprint density at radius 3 is 3.00 bits per heavy atom. The number of pyridine rings is 1. The molecular formula is C17H17NO4. The summed E-state index contributed by atoms with van der Waals surface area (Å²) in [5, 5.41) is 0. The minimum atomic E-state index is -0.228. The summed E-state index contributed by atoms with van der Waals surface area (Å²) in [5.74, 6) is 1.27. The van der Waals surface area contributed by atoms with Crippen LogP contribution in [0.25, 0.3) is 0 Å². The predicted octanol–water partition coefficient (Wildman–Crippen LogP) is 3.05. The molecule has 0 saturated heterocycles. The predicted molar refractivity (Wildman–Crippen MR) is 79.6 cm³/mol. The fraction of sp³-hybridized carbons (Fsp3) is 0.294. The van der Waals surface area contributed by atoms with Crippen LogP contribution in [0.4, 0.5) is 0 Å². The van der Waals surface area contributed by atoms with E-state index < -0.39 is 0 Å². The van der Waals surface area contributed by atoms with Crippen molar-refractivity contribution in [1.29, 1.82) is 0 Å². The van der Waals surface area contributed by atoms with Crippen molar-refractivity contribution in [2.75, 3.05) is 6.79 Å². The second kappa shape index (κ2) is 6.47. The van der Waals surface area contributed by atoms with Crippen molar-refractivity contribution in [3.05, 3.63) is 53.9 Å². The van der Waals surface area contributed by atoms with E-state index in [1.165, 1.54) is 0 Å². The lowest BCUT2D eigenvalue weighted by molar-refractivity contribution is -0.145. The first kappa shape index (κ1) is 14.4. The third-order valence-corrected chi connectivity index (χ3v) is 3.56. The number of hydrogen-bond acceptors (Lipinski definition) is 5. The fourth-order valence-corrected chi connectivity index (χ4v) is 2.29. The number of rotatable bonds is 5. The molecule has 1 aliphatic heterocycles. The average molecular weight is 299 g/mol. The van der Waals surface area contributed by atoms with E-state index in [1.54, 1.807) is 12.4 Å². The number of hydrogen-bond donors (Lipinski definition) is 0. The van der Waals surface area contributed by atoms with Crippen LogP contribution in [0.2, 0.25) is 0 Å². The van der Waals surface area contributed by atoms with Crippen molar-refractivity contribution in [1.82, 2.24) is 4.98 Å². The van der Waals surface area contributed by atoms with Crippen molar-refractivity contribution in [3.8, 4) is 11.5 Å². The molecule has 1 unspecified atom stereocenters. The van der Waals surface area contributed by atoms with Crippen LogP contribution < -0.4 is 9.47 Å². The molecule has 0 spiro atoms. The number of nitrogens with zero attached hydrogens (tertiary/aromatic N) is 1. The van der Waals surface area contributed by atoms with Gasteiger partial charge in [-0.25, -0.2) is 0 Å². The first-order chi connectivity index (χ1) is 10.7. The number of aromatic nitrogens is 1. The summed E-state index contributed by atoms with van der Waals surface area (Å²) >= 11 is 0. The Hall–Kier alpha value is -2.56. The largest absolute Gasteiger partial charge is 0.461 e. The molecule has 1 aromatic carbocycles. The maximum absolute atomic E-state index is 11.9. The van der Waals surface area contributed by atoms with E-state index in [-0.39, 0.29) is 25.3 Å². The molecule has 0 bridgehead atoms. The van der Waals surface area contributed by atoms with Crippen LogP contribution in [0.1, 0.15) is 30.4 Å². The van der Waals surface area contributed by atoms with E-state index in [2.05, 4.69) is 4.98 Å². The molecule has 3 rings (SSSR count). The summed E-state index contributed by atoms with van der Waals surface area (Å²) in [4.78, 5) is 16.0. The highest BCUT2D eigenvalue weighted by molar-refractivity contribution is 5.70. The van der Waals surface area contributed by atoms with Gasteiger partial charge in [0.1, 0.15) is 6.61 Å². The van der Waals surface area contributed by atoms with Gasteiger partial charge in [-0.1, -0.05) is 19.1 Å². The molecule has 1 aliphatic rings. The zero-order valence-electron chi connectivity index (χ0n) is 12.3. The van der Waals surface area contributed by atoms with E-state index in [4.69, 9.17) is 14.2 Å². The van der Waals surface area contributed by atoms with Gasteiger partial charge in [-0.3, -0.25) is 9.78 Å². The van der Waals surface area contributed by atoms with Crippen molar-refractivity contribution < 1.29 is 19.0 Å². The van der Waals surface area contributed by atoms with Crippen LogP contribution in [0.15, 0.2) is 42.7 Å². The summed E-state index contributed by atoms with van der Waals surface area (Å²) in [7, 11) is 0. The lowest BCUT2D eigenvalue weighted by Crippen LogP contribution is -2.09. The van der Waals surface area contributed by atoms with Crippen LogP contribution in [-0.4, -0.2) is 17.7 Å². The smallest absolute Gasteiger partial charge is 0.306 e. The number of ether oxygens (including phenoxy) is 3. The molecule has 22 heavy (non-hydrogen) atoms. The minimum absolute atomic E-state index is 0.0814. The third-order valence-electron chi connectivity index (χ3n) is 3.56. The molecule has 5 heteroatoms. The fourth-order valence-electron chi connectivity index (χ4n) is 2.29. The summed E-state index contributed by atoms with van der Waals surface area (Å²) < 4.78 is 15.9. The van der Waals surface area contributed by atoms with E-state index in [1.807, 2.05) is 37.3 Å². The highest BCUT2D eigenvalue weighted by Crippen LogP contribution is 2.32. The summed E-state index contributed by atoms with van der Waals surface area (Å²) in [6, 6.07) is 9.35. The van der Waals surface area contributed by atoms with Gasteiger partial charge >= 0.3 is 5.97 Å². The van der Waals surface area contributed by atoms with Gasteiger partial charge < -0.3 is 14.2 Å². The van der Waals surface area contributed by atoms with Gasteiger partial charge in [-0.05, 0) is 35.2 Å². The first-order valence-corrected chi connectivity index (χ1v) is 7.16. The Bertz CT molecular complexity index is 657. The molecule has 5 nitrogen and oxygen atoms in total. The van der Waals surface area contributed by atoms with Gasteiger partial charge in [0, 0.05) is 12.4 Å². The molecule has 1 atom stereocenters. The molecule has 2 heterocycles. The molecule has 0 fully saturated rings. The Morgan fingerprint density at radius 1 is 1.32 bits per heavy atom. The summed E-state index contributed by atoms with van der Waals surface area (Å²) in [6.45, 7) is 2.45. The van der Waals surface area contributed by atoms with Gasteiger partial charge in [0.15, 0.2) is 11.5 Å². The normalized spacial score (nSPS) is 13.7. The molecule has 0 amide bonds. The van der Waals surface area contributed by atoms with Crippen molar-refractivity contribution in [2.45, 2.75) is 25.9 Å². The van der Waals surface area contributed by atoms with Crippen LogP contribution in [-0.2, 0) is 16.1 Å². The molecule has 1 aromatic heterocycles. The summed E-state index contributed by atoms with van der Waals surface area (Å²) in [5.41, 5.74) is 1.91. The zero-order valence-corrected chi connectivity index (χ0v) is 12.3. The van der Waals surface area contributed by atoms with E-state index in [0.29, 0.717) is 12.2 Å². The Kier molecular flexibility index (Phi) is 4.23. The number of fused-ring (bicyclic) bond motifs is 1. The van der Waals surface area contributed by atoms with E-state index in [0.717, 1.165) is 16.9 Å². The maximum Gasteiger partial charge on any atom is 0.306 e. The van der Waals surface area contributed by atoms with Crippen LogP contribution in [0, 0.1) is 0 Å². The number of carbonyl (C=O) groups is 1. The van der Waals surface area contributed by atoms with Gasteiger partial charge in [0.05, 0.1) is 6.42 Å². The highest BCUT2D eigenvalue weighted by atomic mass is 16.7. The van der Waals surface area contributed by atoms with Crippen LogP contribution in [0.3, 0.4) is 0 Å². The Morgan fingerprint density at radius 2 is 2.18 bits per heavy atom. The molecule has 0 aliphatic carbocycles. The molecule has 0 radical (unpaired) electrons. The second-order valence-electron chi connectivity index (χ2n) is 5.24. The third kappa shape index (κ3) is 3.36. The monoisotopic (exact) mass is 299 g/mol. The minimum Gasteiger partial charge on any atom is -0.461 e. The lowest BCUT2D eigenvalue weighted by atomic mass is 10.00. The Labute approximate surface area is 128 Å². The number of esters is 1. The van der Waals surface area contributed by atoms with Crippen LogP contribution >= 0.6 is 0 Å². The quantitative estimate of drug-likeness (QED) is 0.794. The molecule has 0 N–H and O–H groups in total. The van der Waals surface area contributed by atoms with Crippen molar-refractivity contribution in [3.63, 3.8) is 0 Å². The molecule has 114 valence electrons. The molecule has 0 saturated carbocycles. The van der Waals surface area contributed by atoms with Crippen molar-refractivity contribution in [2.24, 2.45) is 0 Å². The standard InChI is InChI=1S/C17H17NO4/c1-12(14-3-2-6-18-9-14)7-17(19)20-10-13-4-5-15-16(8-13)22-11-21-15/h2-6,8-9,12H,7,10-11H2,1H3. The average Bonchev–Trinajstić information content (AvgIpc) is 3.01. The maximum atomic E-state index is 11.9. The van der Waals surface area contributed by atoms with Gasteiger partial charge in [0.2, 0.25) is 6.79 Å². The molecular weight excluding hydrogens is 282 g/mol. The van der Waals surface area contributed by atoms with Gasteiger partial charge in [-0.15, -0.1) is 0 Å². The van der Waals surface area contributed by atoms with Crippen molar-refractivity contribution >= 4 is 5.97 Å². The summed E-state index contributed by atoms with van der Waals surface area (Å²) in [6.07, 6.45) is 3.82. The second-order valence-corrected chi connectivity index (χ2v) is 5.24. The van der Waals surface area contributed by atoms with E-state index in [9.17, 15) is 4.79 Å². The number of carbonyl (C=O) groups excluding carboxylic acids is 1. The Balaban J connectivity index is 1.52. The lowest BCUT2D eigenvalue weighted by Gasteiger charge is -2.11. The zero-order chi connectivity index (χ0) is 15.4. The topological polar surface area (TPSA) is 57.7 Å². The molecule has 2 aromatic rings. The van der Waals surface area contributed by atoms with Gasteiger partial charge in [-0.2, -0.15) is 0 Å². The SMILES string of the molecule is CC(CC(=O)OCc1ccc2c(c1)OCO2)c1cccnc1. The van der Waals surface area contributed by atoms with E-state index >= 15 is 0 Å². The highest BCUT2D eigenvalue weighted by Gasteiger charge is 2.15. The van der Waals surface area contributed by atoms with Gasteiger partial charge in [0.25, 0.3) is 0 Å². The number of benzene rings is 1. The first-order valence-electron chi connectivity index (χ1n) is 7.16. The van der Waals surface area contributed by atoms with Crippen LogP contribution in [0.5, 0.6) is 11.5 Å².